The van der Waals surface area contributed by atoms with Gasteiger partial charge in [-0.3, -0.25) is 9.36 Å². The van der Waals surface area contributed by atoms with E-state index < -0.39 is 0 Å². The van der Waals surface area contributed by atoms with Gasteiger partial charge in [0.25, 0.3) is 5.56 Å². The molecular formula is C20H22N2O3S. The van der Waals surface area contributed by atoms with E-state index in [9.17, 15) is 4.79 Å². The third-order valence-electron chi connectivity index (χ3n) is 3.97. The maximum absolute atomic E-state index is 12.7. The van der Waals surface area contributed by atoms with E-state index >= 15 is 0 Å². The van der Waals surface area contributed by atoms with Gasteiger partial charge >= 0.3 is 0 Å². The molecule has 0 saturated carbocycles. The van der Waals surface area contributed by atoms with Gasteiger partial charge in [-0.1, -0.05) is 41.6 Å². The van der Waals surface area contributed by atoms with Crippen LogP contribution in [0, 0.1) is 6.92 Å². The van der Waals surface area contributed by atoms with Gasteiger partial charge in [0.2, 0.25) is 0 Å². The molecular weight excluding hydrogens is 348 g/mol. The maximum Gasteiger partial charge on any atom is 0.262 e. The van der Waals surface area contributed by atoms with Crippen LogP contribution in [-0.2, 0) is 6.54 Å². The van der Waals surface area contributed by atoms with Gasteiger partial charge < -0.3 is 9.84 Å². The lowest BCUT2D eigenvalue weighted by Gasteiger charge is -2.13. The molecule has 0 aliphatic heterocycles. The second-order valence-corrected chi connectivity index (χ2v) is 7.02. The summed E-state index contributed by atoms with van der Waals surface area (Å²) in [6, 6.07) is 15.3. The van der Waals surface area contributed by atoms with Crippen LogP contribution in [0.2, 0.25) is 0 Å². The number of para-hydroxylation sites is 1. The number of benzene rings is 2. The maximum atomic E-state index is 12.7. The molecule has 0 unspecified atom stereocenters. The highest BCUT2D eigenvalue weighted by atomic mass is 32.2. The number of thioether (sulfide) groups is 1. The number of aliphatic hydroxyl groups is 1. The minimum absolute atomic E-state index is 0.0416. The van der Waals surface area contributed by atoms with Gasteiger partial charge in [0.05, 0.1) is 17.5 Å². The van der Waals surface area contributed by atoms with E-state index in [1.165, 1.54) is 17.3 Å². The zero-order valence-corrected chi connectivity index (χ0v) is 15.5. The lowest BCUT2D eigenvalue weighted by atomic mass is 10.2. The topological polar surface area (TPSA) is 64.3 Å². The van der Waals surface area contributed by atoms with Crippen molar-refractivity contribution in [2.45, 2.75) is 25.0 Å². The Morgan fingerprint density at radius 3 is 2.69 bits per heavy atom. The summed E-state index contributed by atoms with van der Waals surface area (Å²) >= 11 is 1.49. The van der Waals surface area contributed by atoms with Gasteiger partial charge in [-0.25, -0.2) is 4.98 Å². The molecule has 2 aromatic carbocycles. The van der Waals surface area contributed by atoms with Crippen molar-refractivity contribution in [3.63, 3.8) is 0 Å². The van der Waals surface area contributed by atoms with Crippen molar-refractivity contribution in [2.24, 2.45) is 0 Å². The first-order valence-corrected chi connectivity index (χ1v) is 9.60. The minimum atomic E-state index is -0.0639. The average Bonchev–Trinajstić information content (AvgIpc) is 2.66. The fraction of sp³-hybridized carbons (Fsp3) is 0.300. The van der Waals surface area contributed by atoms with Crippen molar-refractivity contribution in [3.8, 4) is 5.75 Å². The van der Waals surface area contributed by atoms with Crippen LogP contribution in [-0.4, -0.2) is 33.6 Å². The molecule has 1 N–H and O–H groups in total. The SMILES string of the molecule is Cc1ccc(OCCSc2nc3ccccc3c(=O)n2CCCO)cc1. The molecule has 0 aliphatic rings. The van der Waals surface area contributed by atoms with Crippen molar-refractivity contribution in [2.75, 3.05) is 19.0 Å². The molecule has 3 rings (SSSR count). The smallest absolute Gasteiger partial charge is 0.262 e. The number of rotatable bonds is 8. The first kappa shape index (κ1) is 18.5. The highest BCUT2D eigenvalue weighted by Gasteiger charge is 2.11. The van der Waals surface area contributed by atoms with Crippen molar-refractivity contribution in [1.82, 2.24) is 9.55 Å². The fourth-order valence-electron chi connectivity index (χ4n) is 2.61. The van der Waals surface area contributed by atoms with E-state index in [4.69, 9.17) is 9.84 Å². The molecule has 1 aromatic heterocycles. The first-order chi connectivity index (χ1) is 12.7. The molecule has 0 radical (unpaired) electrons. The summed E-state index contributed by atoms with van der Waals surface area (Å²) in [7, 11) is 0. The summed E-state index contributed by atoms with van der Waals surface area (Å²) in [5.41, 5.74) is 1.82. The van der Waals surface area contributed by atoms with Gasteiger partial charge in [0.1, 0.15) is 5.75 Å². The molecule has 6 heteroatoms. The van der Waals surface area contributed by atoms with Crippen LogP contribution in [0.25, 0.3) is 10.9 Å². The van der Waals surface area contributed by atoms with E-state index in [0.29, 0.717) is 41.4 Å². The number of nitrogens with zero attached hydrogens (tertiary/aromatic N) is 2. The third kappa shape index (κ3) is 4.45. The lowest BCUT2D eigenvalue weighted by Crippen LogP contribution is -2.24. The van der Waals surface area contributed by atoms with Crippen LogP contribution >= 0.6 is 11.8 Å². The van der Waals surface area contributed by atoms with Crippen LogP contribution in [0.4, 0.5) is 0 Å². The predicted molar refractivity (Wildman–Crippen MR) is 105 cm³/mol. The lowest BCUT2D eigenvalue weighted by molar-refractivity contribution is 0.276. The van der Waals surface area contributed by atoms with Crippen LogP contribution < -0.4 is 10.3 Å². The Morgan fingerprint density at radius 2 is 1.92 bits per heavy atom. The quantitative estimate of drug-likeness (QED) is 0.375. The Balaban J connectivity index is 1.73. The largest absolute Gasteiger partial charge is 0.493 e. The zero-order valence-electron chi connectivity index (χ0n) is 14.7. The highest BCUT2D eigenvalue weighted by Crippen LogP contribution is 2.19. The van der Waals surface area contributed by atoms with Crippen molar-refractivity contribution in [1.29, 1.82) is 0 Å². The molecule has 1 heterocycles. The number of fused-ring (bicyclic) bond motifs is 1. The van der Waals surface area contributed by atoms with E-state index in [1.54, 1.807) is 10.6 Å². The van der Waals surface area contributed by atoms with Gasteiger partial charge in [0, 0.05) is 18.9 Å². The number of hydrogen-bond donors (Lipinski definition) is 1. The average molecular weight is 370 g/mol. The number of hydrogen-bond acceptors (Lipinski definition) is 5. The van der Waals surface area contributed by atoms with Crippen molar-refractivity contribution >= 4 is 22.7 Å². The molecule has 0 atom stereocenters. The molecule has 0 saturated heterocycles. The van der Waals surface area contributed by atoms with Crippen LogP contribution in [0.5, 0.6) is 5.75 Å². The van der Waals surface area contributed by atoms with Crippen molar-refractivity contribution in [3.05, 3.63) is 64.4 Å². The fourth-order valence-corrected chi connectivity index (χ4v) is 3.45. The molecule has 3 aromatic rings. The Labute approximate surface area is 156 Å². The molecule has 5 nitrogen and oxygen atoms in total. The second kappa shape index (κ2) is 8.87. The Hall–Kier alpha value is -2.31. The number of aromatic nitrogens is 2. The molecule has 0 amide bonds. The summed E-state index contributed by atoms with van der Waals surface area (Å²) in [5, 5.41) is 10.4. The van der Waals surface area contributed by atoms with Gasteiger partial charge in [0.15, 0.2) is 5.16 Å². The second-order valence-electron chi connectivity index (χ2n) is 5.96. The van der Waals surface area contributed by atoms with Crippen LogP contribution in [0.15, 0.2) is 58.5 Å². The van der Waals surface area contributed by atoms with E-state index in [-0.39, 0.29) is 12.2 Å². The van der Waals surface area contributed by atoms with Gasteiger partial charge in [-0.15, -0.1) is 0 Å². The van der Waals surface area contributed by atoms with Crippen LogP contribution in [0.1, 0.15) is 12.0 Å². The van der Waals surface area contributed by atoms with Crippen LogP contribution in [0.3, 0.4) is 0 Å². The monoisotopic (exact) mass is 370 g/mol. The Kier molecular flexibility index (Phi) is 6.30. The summed E-state index contributed by atoms with van der Waals surface area (Å²) in [6.45, 7) is 3.06. The number of aliphatic hydroxyl groups excluding tert-OH is 1. The van der Waals surface area contributed by atoms with E-state index in [0.717, 1.165) is 5.75 Å². The Bertz CT molecular complexity index is 922. The Morgan fingerprint density at radius 1 is 1.15 bits per heavy atom. The van der Waals surface area contributed by atoms with Crippen molar-refractivity contribution < 1.29 is 9.84 Å². The molecule has 0 bridgehead atoms. The summed E-state index contributed by atoms with van der Waals surface area (Å²) in [5.74, 6) is 1.51. The molecule has 136 valence electrons. The van der Waals surface area contributed by atoms with Gasteiger partial charge in [-0.05, 0) is 37.6 Å². The molecule has 0 aliphatic carbocycles. The van der Waals surface area contributed by atoms with E-state index in [2.05, 4.69) is 4.98 Å². The predicted octanol–water partition coefficient (Wildman–Crippen LogP) is 3.26. The minimum Gasteiger partial charge on any atom is -0.493 e. The summed E-state index contributed by atoms with van der Waals surface area (Å²) in [4.78, 5) is 17.4. The zero-order chi connectivity index (χ0) is 18.4. The molecule has 26 heavy (non-hydrogen) atoms. The number of ether oxygens (including phenoxy) is 1. The highest BCUT2D eigenvalue weighted by molar-refractivity contribution is 7.99. The number of aryl methyl sites for hydroxylation is 1. The molecule has 0 fully saturated rings. The van der Waals surface area contributed by atoms with E-state index in [1.807, 2.05) is 49.4 Å². The normalized spacial score (nSPS) is 11.0. The summed E-state index contributed by atoms with van der Waals surface area (Å²) in [6.07, 6.45) is 0.521. The molecule has 0 spiro atoms. The third-order valence-corrected chi connectivity index (χ3v) is 4.91. The standard InChI is InChI=1S/C20H22N2O3S/c1-15-7-9-16(10-8-15)25-13-14-26-20-21-18-6-3-2-5-17(18)19(24)22(20)11-4-12-23/h2-3,5-10,23H,4,11-14H2,1H3. The van der Waals surface area contributed by atoms with Gasteiger partial charge in [-0.2, -0.15) is 0 Å². The summed E-state index contributed by atoms with van der Waals surface area (Å²) < 4.78 is 7.39. The first-order valence-electron chi connectivity index (χ1n) is 8.62.